The predicted octanol–water partition coefficient (Wildman–Crippen LogP) is 3.09. The first-order valence-corrected chi connectivity index (χ1v) is 9.36. The molecule has 24 heavy (non-hydrogen) atoms. The van der Waals surface area contributed by atoms with E-state index in [0.29, 0.717) is 12.8 Å². The molecule has 1 aliphatic rings. The number of Topliss-reactive ketones (excluding diaryl/α,β-unsaturated/α-hetero) is 1. The van der Waals surface area contributed by atoms with E-state index in [-0.39, 0.29) is 23.2 Å². The van der Waals surface area contributed by atoms with Gasteiger partial charge in [-0.25, -0.2) is 0 Å². The van der Waals surface area contributed by atoms with Crippen LogP contribution in [0, 0.1) is 26.7 Å². The zero-order valence-corrected chi connectivity index (χ0v) is 14.9. The van der Waals surface area contributed by atoms with Gasteiger partial charge in [-0.15, -0.1) is 0 Å². The molecule has 0 saturated heterocycles. The topological polar surface area (TPSA) is 76.2 Å². The number of nitrogens with one attached hydrogen (secondary N) is 1. The van der Waals surface area contributed by atoms with Gasteiger partial charge in [-0.05, 0) is 50.8 Å². The van der Waals surface area contributed by atoms with Crippen molar-refractivity contribution in [1.29, 1.82) is 0 Å². The van der Waals surface area contributed by atoms with Gasteiger partial charge in [-0.1, -0.05) is 17.7 Å². The van der Waals surface area contributed by atoms with Crippen LogP contribution in [0.2, 0.25) is 0 Å². The Labute approximate surface area is 142 Å². The van der Waals surface area contributed by atoms with E-state index in [1.54, 1.807) is 12.1 Å². The van der Waals surface area contributed by atoms with E-state index >= 15 is 0 Å². The van der Waals surface area contributed by atoms with E-state index in [2.05, 4.69) is 4.98 Å². The summed E-state index contributed by atoms with van der Waals surface area (Å²) in [4.78, 5) is 15.7. The fraction of sp³-hybridized carbons (Fsp3) is 0.389. The normalized spacial score (nSPS) is 17.8. The second-order valence-corrected chi connectivity index (χ2v) is 8.09. The van der Waals surface area contributed by atoms with Crippen LogP contribution in [0.15, 0.2) is 29.2 Å². The highest BCUT2D eigenvalue weighted by atomic mass is 32.2. The first kappa shape index (κ1) is 16.9. The number of H-pyrrole nitrogens is 1. The fourth-order valence-electron chi connectivity index (χ4n) is 3.13. The molecule has 2 aromatic rings. The molecule has 6 heteroatoms. The molecule has 128 valence electrons. The lowest BCUT2D eigenvalue weighted by Crippen LogP contribution is -2.25. The molecule has 1 aliphatic carbocycles. The van der Waals surface area contributed by atoms with Gasteiger partial charge in [0.1, 0.15) is 0 Å². The maximum Gasteiger partial charge on any atom is 0.296 e. The Morgan fingerprint density at radius 2 is 1.79 bits per heavy atom. The quantitative estimate of drug-likeness (QED) is 0.862. The lowest BCUT2D eigenvalue weighted by molar-refractivity contribution is 0.0926. The lowest BCUT2D eigenvalue weighted by atomic mass is 9.86. The number of hydrogen-bond acceptors (Lipinski definition) is 4. The molecule has 1 heterocycles. The Morgan fingerprint density at radius 3 is 2.46 bits per heavy atom. The van der Waals surface area contributed by atoms with Gasteiger partial charge in [0.15, 0.2) is 5.78 Å². The summed E-state index contributed by atoms with van der Waals surface area (Å²) in [5, 5.41) is 0. The summed E-state index contributed by atoms with van der Waals surface area (Å²) in [5.41, 5.74) is 4.62. The molecule has 0 spiro atoms. The van der Waals surface area contributed by atoms with E-state index in [0.717, 1.165) is 28.1 Å². The molecule has 0 aliphatic heterocycles. The second kappa shape index (κ2) is 6.18. The molecule has 1 aromatic carbocycles. The minimum absolute atomic E-state index is 0.0124. The fourth-order valence-corrected chi connectivity index (χ4v) is 4.11. The maximum absolute atomic E-state index is 12.3. The highest BCUT2D eigenvalue weighted by Gasteiger charge is 2.30. The first-order valence-electron chi connectivity index (χ1n) is 7.95. The number of aromatic amines is 1. The maximum atomic E-state index is 12.3. The second-order valence-electron chi connectivity index (χ2n) is 6.48. The number of ketones is 1. The molecule has 0 radical (unpaired) electrons. The van der Waals surface area contributed by atoms with Gasteiger partial charge < -0.3 is 4.98 Å². The van der Waals surface area contributed by atoms with E-state index in [4.69, 9.17) is 4.18 Å². The van der Waals surface area contributed by atoms with Gasteiger partial charge in [0.05, 0.1) is 11.5 Å². The molecule has 3 rings (SSSR count). The molecular formula is C18H21NO4S. The van der Waals surface area contributed by atoms with Gasteiger partial charge in [-0.3, -0.25) is 8.98 Å². The predicted molar refractivity (Wildman–Crippen MR) is 90.7 cm³/mol. The zero-order chi connectivity index (χ0) is 17.5. The smallest absolute Gasteiger partial charge is 0.296 e. The van der Waals surface area contributed by atoms with Crippen LogP contribution in [-0.2, 0) is 20.7 Å². The van der Waals surface area contributed by atoms with Crippen molar-refractivity contribution >= 4 is 15.9 Å². The standard InChI is InChI=1S/C18H21NO4S/c1-11-4-6-15(7-5-11)24(21,22)23-10-14-8-16-18(17(20)9-14)12(2)13(3)19-16/h4-7,14,19H,8-10H2,1-3H3. The number of aromatic nitrogens is 1. The molecule has 5 nitrogen and oxygen atoms in total. The van der Waals surface area contributed by atoms with Crippen molar-refractivity contribution in [2.24, 2.45) is 5.92 Å². The number of rotatable bonds is 4. The minimum Gasteiger partial charge on any atom is -0.362 e. The van der Waals surface area contributed by atoms with Crippen LogP contribution in [-0.4, -0.2) is 25.8 Å². The van der Waals surface area contributed by atoms with Crippen LogP contribution in [0.3, 0.4) is 0 Å². The molecule has 1 unspecified atom stereocenters. The van der Waals surface area contributed by atoms with Crippen molar-refractivity contribution in [3.63, 3.8) is 0 Å². The molecular weight excluding hydrogens is 326 g/mol. The summed E-state index contributed by atoms with van der Waals surface area (Å²) in [5.74, 6) is -0.0814. The third-order valence-electron chi connectivity index (χ3n) is 4.59. The highest BCUT2D eigenvalue weighted by molar-refractivity contribution is 7.86. The van der Waals surface area contributed by atoms with Crippen molar-refractivity contribution in [2.45, 2.75) is 38.5 Å². The number of fused-ring (bicyclic) bond motifs is 1. The Kier molecular flexibility index (Phi) is 4.36. The summed E-state index contributed by atoms with van der Waals surface area (Å²) < 4.78 is 29.7. The Bertz CT molecular complexity index is 878. The molecule has 0 fully saturated rings. The number of hydrogen-bond donors (Lipinski definition) is 1. The molecule has 1 N–H and O–H groups in total. The zero-order valence-electron chi connectivity index (χ0n) is 14.0. The average molecular weight is 347 g/mol. The van der Waals surface area contributed by atoms with Gasteiger partial charge in [0.2, 0.25) is 0 Å². The molecule has 1 aromatic heterocycles. The monoisotopic (exact) mass is 347 g/mol. The summed E-state index contributed by atoms with van der Waals surface area (Å²) in [6, 6.07) is 6.53. The van der Waals surface area contributed by atoms with Crippen molar-refractivity contribution < 1.29 is 17.4 Å². The number of carbonyl (C=O) groups excluding carboxylic acids is 1. The highest BCUT2D eigenvalue weighted by Crippen LogP contribution is 2.30. The summed E-state index contributed by atoms with van der Waals surface area (Å²) >= 11 is 0. The van der Waals surface area contributed by atoms with Crippen LogP contribution in [0.5, 0.6) is 0 Å². The van der Waals surface area contributed by atoms with E-state index in [1.807, 2.05) is 20.8 Å². The Hall–Kier alpha value is -1.92. The van der Waals surface area contributed by atoms with Crippen molar-refractivity contribution in [3.8, 4) is 0 Å². The Morgan fingerprint density at radius 1 is 1.12 bits per heavy atom. The largest absolute Gasteiger partial charge is 0.362 e. The van der Waals surface area contributed by atoms with Crippen LogP contribution < -0.4 is 0 Å². The molecule has 1 atom stereocenters. The number of benzene rings is 1. The van der Waals surface area contributed by atoms with Crippen LogP contribution >= 0.6 is 0 Å². The summed E-state index contributed by atoms with van der Waals surface area (Å²) in [6.07, 6.45) is 0.938. The van der Waals surface area contributed by atoms with Crippen molar-refractivity contribution in [2.75, 3.05) is 6.61 Å². The van der Waals surface area contributed by atoms with Gasteiger partial charge in [0.25, 0.3) is 10.1 Å². The molecule has 0 bridgehead atoms. The van der Waals surface area contributed by atoms with Crippen molar-refractivity contribution in [3.05, 3.63) is 52.3 Å². The van der Waals surface area contributed by atoms with Crippen LogP contribution in [0.1, 0.15) is 39.3 Å². The van der Waals surface area contributed by atoms with Crippen LogP contribution in [0.25, 0.3) is 0 Å². The summed E-state index contributed by atoms with van der Waals surface area (Å²) in [6.45, 7) is 5.77. The molecule has 0 amide bonds. The third kappa shape index (κ3) is 3.16. The van der Waals surface area contributed by atoms with E-state index < -0.39 is 10.1 Å². The first-order chi connectivity index (χ1) is 11.3. The number of carbonyl (C=O) groups is 1. The lowest BCUT2D eigenvalue weighted by Gasteiger charge is -2.21. The minimum atomic E-state index is -3.80. The average Bonchev–Trinajstić information content (AvgIpc) is 2.81. The third-order valence-corrected chi connectivity index (χ3v) is 5.89. The summed E-state index contributed by atoms with van der Waals surface area (Å²) in [7, 11) is -3.80. The van der Waals surface area contributed by atoms with Crippen molar-refractivity contribution in [1.82, 2.24) is 4.98 Å². The SMILES string of the molecule is Cc1ccc(S(=O)(=O)OCC2CC(=O)c3c([nH]c(C)c3C)C2)cc1. The van der Waals surface area contributed by atoms with Gasteiger partial charge in [0, 0.05) is 23.4 Å². The number of aryl methyl sites for hydroxylation is 2. The van der Waals surface area contributed by atoms with E-state index in [9.17, 15) is 13.2 Å². The Balaban J connectivity index is 1.71. The molecule has 0 saturated carbocycles. The van der Waals surface area contributed by atoms with Gasteiger partial charge in [-0.2, -0.15) is 8.42 Å². The van der Waals surface area contributed by atoms with Gasteiger partial charge >= 0.3 is 0 Å². The van der Waals surface area contributed by atoms with Crippen LogP contribution in [0.4, 0.5) is 0 Å². The van der Waals surface area contributed by atoms with E-state index in [1.165, 1.54) is 12.1 Å².